The van der Waals surface area contributed by atoms with Crippen LogP contribution in [0.3, 0.4) is 0 Å². The number of nitrogens with one attached hydrogen (secondary N) is 1. The first-order chi connectivity index (χ1) is 19.7. The van der Waals surface area contributed by atoms with Crippen molar-refractivity contribution in [2.75, 3.05) is 62.2 Å². The Morgan fingerprint density at radius 2 is 1.73 bits per heavy atom. The van der Waals surface area contributed by atoms with E-state index in [2.05, 4.69) is 30.0 Å². The number of carbonyl (C=O) groups excluding carboxylic acids is 1. The molecule has 0 atom stereocenters. The van der Waals surface area contributed by atoms with Gasteiger partial charge in [0.1, 0.15) is 16.9 Å². The summed E-state index contributed by atoms with van der Waals surface area (Å²) in [4.78, 5) is 42.4. The molecule has 2 aromatic carbocycles. The Bertz CT molecular complexity index is 1620. The monoisotopic (exact) mass is 537 g/mol. The summed E-state index contributed by atoms with van der Waals surface area (Å²) in [6, 6.07) is 11.5. The van der Waals surface area contributed by atoms with Gasteiger partial charge < -0.3 is 29.3 Å². The smallest absolute Gasteiger partial charge is 0.256 e. The molecule has 204 valence electrons. The highest BCUT2D eigenvalue weighted by atomic mass is 16.5. The summed E-state index contributed by atoms with van der Waals surface area (Å²) in [5.41, 5.74) is 2.27. The topological polar surface area (TPSA) is 95.8 Å². The quantitative estimate of drug-likeness (QED) is 0.353. The zero-order valence-corrected chi connectivity index (χ0v) is 22.3. The van der Waals surface area contributed by atoms with E-state index < -0.39 is 0 Å². The van der Waals surface area contributed by atoms with Crippen LogP contribution >= 0.6 is 0 Å². The number of likely N-dealkylation sites (tertiary alicyclic amines) is 1. The summed E-state index contributed by atoms with van der Waals surface area (Å²) in [7, 11) is 0. The maximum absolute atomic E-state index is 13.7. The van der Waals surface area contributed by atoms with Gasteiger partial charge in [0.05, 0.1) is 23.0 Å². The van der Waals surface area contributed by atoms with Crippen LogP contribution in [0.5, 0.6) is 11.5 Å². The van der Waals surface area contributed by atoms with Crippen molar-refractivity contribution in [1.29, 1.82) is 0 Å². The summed E-state index contributed by atoms with van der Waals surface area (Å²) in [6.07, 6.45) is 9.25. The van der Waals surface area contributed by atoms with E-state index in [0.717, 1.165) is 63.0 Å². The van der Waals surface area contributed by atoms with Crippen molar-refractivity contribution >= 4 is 28.3 Å². The first-order valence-corrected chi connectivity index (χ1v) is 13.9. The maximum atomic E-state index is 13.7. The first kappa shape index (κ1) is 24.6. The second kappa shape index (κ2) is 10.3. The normalized spacial score (nSPS) is 16.6. The number of ether oxygens (including phenoxy) is 1. The average molecular weight is 538 g/mol. The molecule has 2 saturated heterocycles. The van der Waals surface area contributed by atoms with Gasteiger partial charge in [-0.1, -0.05) is 12.1 Å². The van der Waals surface area contributed by atoms with Crippen molar-refractivity contribution in [3.63, 3.8) is 0 Å². The lowest BCUT2D eigenvalue weighted by Crippen LogP contribution is -2.47. The van der Waals surface area contributed by atoms with Gasteiger partial charge in [-0.2, -0.15) is 0 Å². The maximum Gasteiger partial charge on any atom is 0.256 e. The number of aromatic nitrogens is 3. The summed E-state index contributed by atoms with van der Waals surface area (Å²) in [5.74, 6) is 1.85. The molecule has 2 aromatic heterocycles. The highest BCUT2D eigenvalue weighted by Crippen LogP contribution is 2.45. The number of hydrogen-bond acceptors (Lipinski definition) is 8. The lowest BCUT2D eigenvalue weighted by molar-refractivity contribution is 0.0948. The van der Waals surface area contributed by atoms with Crippen LogP contribution in [0, 0.1) is 0 Å². The van der Waals surface area contributed by atoms with Crippen molar-refractivity contribution in [3.8, 4) is 17.2 Å². The molecular formula is C30H31N7O3. The zero-order chi connectivity index (χ0) is 27.1. The van der Waals surface area contributed by atoms with E-state index in [1.54, 1.807) is 24.8 Å². The number of hydrogen-bond donors (Lipinski definition) is 1. The number of fused-ring (bicyclic) bond motifs is 2. The summed E-state index contributed by atoms with van der Waals surface area (Å²) < 4.78 is 8.42. The molecule has 10 heteroatoms. The molecule has 0 unspecified atom stereocenters. The van der Waals surface area contributed by atoms with Gasteiger partial charge in [0.15, 0.2) is 11.5 Å². The highest BCUT2D eigenvalue weighted by molar-refractivity contribution is 6.01. The van der Waals surface area contributed by atoms with E-state index in [1.165, 1.54) is 12.8 Å². The molecule has 7 rings (SSSR count). The van der Waals surface area contributed by atoms with Gasteiger partial charge in [0.2, 0.25) is 5.43 Å². The van der Waals surface area contributed by atoms with Crippen LogP contribution in [0.25, 0.3) is 16.6 Å². The van der Waals surface area contributed by atoms with Crippen molar-refractivity contribution < 1.29 is 9.53 Å². The second-order valence-corrected chi connectivity index (χ2v) is 10.5. The van der Waals surface area contributed by atoms with Crippen LogP contribution in [0.4, 0.5) is 11.5 Å². The Hall–Kier alpha value is -4.44. The predicted octanol–water partition coefficient (Wildman–Crippen LogP) is 3.04. The standard InChI is InChI=1S/C30H31N7O3/c38-28-21-7-8-24(35-15-17-36(18-16-35)26-19-31-9-10-32-26)29-27(21)37(23-5-1-2-6-25(23)40-29)20-22(28)30(39)33-11-14-34-12-3-4-13-34/h1-2,5-10,19-20H,3-4,11-18H2,(H,33,39). The lowest BCUT2D eigenvalue weighted by Gasteiger charge is -2.38. The number of amides is 1. The number of pyridine rings is 1. The van der Waals surface area contributed by atoms with E-state index in [9.17, 15) is 9.59 Å². The molecule has 3 aliphatic heterocycles. The molecule has 1 N–H and O–H groups in total. The third-order valence-corrected chi connectivity index (χ3v) is 8.09. The van der Waals surface area contributed by atoms with Crippen molar-refractivity contribution in [1.82, 2.24) is 24.8 Å². The van der Waals surface area contributed by atoms with Gasteiger partial charge in [0, 0.05) is 57.9 Å². The number of para-hydroxylation sites is 2. The van der Waals surface area contributed by atoms with Crippen LogP contribution in [-0.4, -0.2) is 77.7 Å². The van der Waals surface area contributed by atoms with E-state index in [-0.39, 0.29) is 16.9 Å². The van der Waals surface area contributed by atoms with Crippen LogP contribution in [0.1, 0.15) is 23.2 Å². The fraction of sp³-hybridized carbons (Fsp3) is 0.333. The van der Waals surface area contributed by atoms with Crippen LogP contribution in [0.2, 0.25) is 0 Å². The molecule has 0 bridgehead atoms. The third-order valence-electron chi connectivity index (χ3n) is 8.09. The minimum Gasteiger partial charge on any atom is -0.451 e. The molecule has 10 nitrogen and oxygen atoms in total. The number of piperazine rings is 1. The first-order valence-electron chi connectivity index (χ1n) is 13.9. The summed E-state index contributed by atoms with van der Waals surface area (Å²) in [6.45, 7) is 6.55. The molecule has 0 saturated carbocycles. The van der Waals surface area contributed by atoms with E-state index in [1.807, 2.05) is 41.0 Å². The number of nitrogens with zero attached hydrogens (tertiary/aromatic N) is 6. The Kier molecular flexibility index (Phi) is 6.31. The predicted molar refractivity (Wildman–Crippen MR) is 154 cm³/mol. The third kappa shape index (κ3) is 4.34. The Labute approximate surface area is 231 Å². The average Bonchev–Trinajstić information content (AvgIpc) is 3.52. The molecule has 5 heterocycles. The molecule has 2 fully saturated rings. The molecular weight excluding hydrogens is 506 g/mol. The molecule has 0 aliphatic carbocycles. The minimum absolute atomic E-state index is 0.141. The van der Waals surface area contributed by atoms with Gasteiger partial charge in [-0.05, 0) is 50.2 Å². The number of anilines is 2. The molecule has 3 aliphatic rings. The van der Waals surface area contributed by atoms with Gasteiger partial charge in [-0.25, -0.2) is 4.98 Å². The Morgan fingerprint density at radius 1 is 0.925 bits per heavy atom. The van der Waals surface area contributed by atoms with Crippen molar-refractivity contribution in [2.45, 2.75) is 12.8 Å². The summed E-state index contributed by atoms with van der Waals surface area (Å²) >= 11 is 0. The van der Waals surface area contributed by atoms with E-state index in [4.69, 9.17) is 4.74 Å². The van der Waals surface area contributed by atoms with E-state index >= 15 is 0 Å². The molecule has 0 radical (unpaired) electrons. The van der Waals surface area contributed by atoms with Gasteiger partial charge in [-0.3, -0.25) is 14.6 Å². The minimum atomic E-state index is -0.343. The van der Waals surface area contributed by atoms with Crippen LogP contribution in [-0.2, 0) is 0 Å². The van der Waals surface area contributed by atoms with Gasteiger partial charge >= 0.3 is 0 Å². The number of carbonyl (C=O) groups is 1. The highest BCUT2D eigenvalue weighted by Gasteiger charge is 2.29. The largest absolute Gasteiger partial charge is 0.451 e. The zero-order valence-electron chi connectivity index (χ0n) is 22.3. The summed E-state index contributed by atoms with van der Waals surface area (Å²) in [5, 5.41) is 3.44. The number of rotatable bonds is 6. The fourth-order valence-electron chi connectivity index (χ4n) is 5.99. The lowest BCUT2D eigenvalue weighted by atomic mass is 10.1. The van der Waals surface area contributed by atoms with Crippen molar-refractivity contribution in [3.05, 3.63) is 77.0 Å². The van der Waals surface area contributed by atoms with Gasteiger partial charge in [-0.15, -0.1) is 0 Å². The molecule has 40 heavy (non-hydrogen) atoms. The van der Waals surface area contributed by atoms with Gasteiger partial charge in [0.25, 0.3) is 5.91 Å². The van der Waals surface area contributed by atoms with Crippen molar-refractivity contribution in [2.24, 2.45) is 0 Å². The molecule has 0 spiro atoms. The fourth-order valence-corrected chi connectivity index (χ4v) is 5.99. The van der Waals surface area contributed by atoms with E-state index in [0.29, 0.717) is 28.9 Å². The Balaban J connectivity index is 1.23. The number of benzene rings is 2. The second-order valence-electron chi connectivity index (χ2n) is 10.5. The SMILES string of the molecule is O=C(NCCN1CCCC1)c1cn2c3c(c(N4CCN(c5cnccn5)CC4)ccc3c1=O)Oc1ccccc1-2. The Morgan fingerprint density at radius 3 is 2.52 bits per heavy atom. The van der Waals surface area contributed by atoms with Crippen LogP contribution in [0.15, 0.2) is 66.0 Å². The molecule has 4 aromatic rings. The van der Waals surface area contributed by atoms with Crippen LogP contribution < -0.4 is 25.3 Å². The molecule has 1 amide bonds.